The second kappa shape index (κ2) is 9.64. The molecule has 2 unspecified atom stereocenters. The number of nitrogens with zero attached hydrogens (tertiary/aromatic N) is 2. The van der Waals surface area contributed by atoms with Gasteiger partial charge in [-0.1, -0.05) is 6.07 Å². The number of rotatable bonds is 8. The summed E-state index contributed by atoms with van der Waals surface area (Å²) >= 11 is 0. The van der Waals surface area contributed by atoms with Gasteiger partial charge in [-0.2, -0.15) is 18.4 Å². The molecule has 0 spiro atoms. The minimum atomic E-state index is -5.22. The molecule has 0 saturated carbocycles. The summed E-state index contributed by atoms with van der Waals surface area (Å²) in [4.78, 5) is 0. The third-order valence-corrected chi connectivity index (χ3v) is 5.21. The SMILES string of the molecule is N#Cc1cc(C(O)(c2ccc(Nc3ccc(F)cc3)c(C=N)c2)C(F)(F)F)cn1CC(O)CO. The molecule has 0 saturated heterocycles. The first-order valence-electron chi connectivity index (χ1n) is 9.89. The highest BCUT2D eigenvalue weighted by molar-refractivity contribution is 5.88. The van der Waals surface area contributed by atoms with Gasteiger partial charge in [0.05, 0.1) is 19.3 Å². The number of aromatic nitrogens is 1. The zero-order valence-electron chi connectivity index (χ0n) is 17.5. The molecule has 1 heterocycles. The molecule has 2 aromatic carbocycles. The summed E-state index contributed by atoms with van der Waals surface area (Å²) < 4.78 is 56.8. The molecule has 34 heavy (non-hydrogen) atoms. The van der Waals surface area contributed by atoms with E-state index in [2.05, 4.69) is 5.32 Å². The van der Waals surface area contributed by atoms with Gasteiger partial charge in [-0.25, -0.2) is 4.39 Å². The Labute approximate surface area is 191 Å². The molecule has 5 N–H and O–H groups in total. The number of aliphatic hydroxyl groups excluding tert-OH is 2. The van der Waals surface area contributed by atoms with E-state index >= 15 is 0 Å². The second-order valence-electron chi connectivity index (χ2n) is 7.50. The fraction of sp³-hybridized carbons (Fsp3) is 0.217. The van der Waals surface area contributed by atoms with Crippen LogP contribution in [0.1, 0.15) is 22.4 Å². The van der Waals surface area contributed by atoms with Crippen LogP contribution in [0.4, 0.5) is 28.9 Å². The van der Waals surface area contributed by atoms with Crippen molar-refractivity contribution in [3.63, 3.8) is 0 Å². The molecule has 1 aromatic heterocycles. The minimum absolute atomic E-state index is 0.0140. The van der Waals surface area contributed by atoms with E-state index < -0.39 is 41.4 Å². The number of anilines is 2. The van der Waals surface area contributed by atoms with E-state index in [9.17, 15) is 33.0 Å². The number of alkyl halides is 3. The molecule has 0 aliphatic carbocycles. The Morgan fingerprint density at radius 2 is 1.79 bits per heavy atom. The van der Waals surface area contributed by atoms with Gasteiger partial charge in [-0.3, -0.25) is 0 Å². The lowest BCUT2D eigenvalue weighted by molar-refractivity contribution is -0.248. The second-order valence-corrected chi connectivity index (χ2v) is 7.50. The molecule has 11 heteroatoms. The van der Waals surface area contributed by atoms with E-state index in [1.807, 2.05) is 0 Å². The molecule has 0 aliphatic rings. The van der Waals surface area contributed by atoms with Crippen molar-refractivity contribution >= 4 is 17.6 Å². The lowest BCUT2D eigenvalue weighted by atomic mass is 9.86. The quantitative estimate of drug-likeness (QED) is 0.252. The first-order chi connectivity index (χ1) is 16.0. The molecule has 0 fully saturated rings. The molecule has 0 bridgehead atoms. The van der Waals surface area contributed by atoms with Crippen molar-refractivity contribution < 1.29 is 32.9 Å². The van der Waals surface area contributed by atoms with Crippen LogP contribution in [0.15, 0.2) is 54.7 Å². The van der Waals surface area contributed by atoms with E-state index in [0.29, 0.717) is 5.69 Å². The molecule has 0 aliphatic heterocycles. The van der Waals surface area contributed by atoms with Crippen molar-refractivity contribution in [3.8, 4) is 6.07 Å². The van der Waals surface area contributed by atoms with Crippen molar-refractivity contribution in [2.75, 3.05) is 11.9 Å². The van der Waals surface area contributed by atoms with Crippen molar-refractivity contribution in [1.29, 1.82) is 10.7 Å². The molecule has 7 nitrogen and oxygen atoms in total. The Hall–Kier alpha value is -3.72. The van der Waals surface area contributed by atoms with Crippen LogP contribution in [0.2, 0.25) is 0 Å². The number of aliphatic hydroxyl groups is 3. The van der Waals surface area contributed by atoms with E-state index in [4.69, 9.17) is 10.5 Å². The van der Waals surface area contributed by atoms with Crippen LogP contribution in [-0.2, 0) is 12.1 Å². The maximum absolute atomic E-state index is 14.2. The normalized spacial score (nSPS) is 14.2. The van der Waals surface area contributed by atoms with Crippen LogP contribution in [0, 0.1) is 22.6 Å². The first kappa shape index (κ1) is 24.9. The molecule has 178 valence electrons. The largest absolute Gasteiger partial charge is 0.425 e. The van der Waals surface area contributed by atoms with Crippen LogP contribution in [-0.4, -0.2) is 45.0 Å². The van der Waals surface area contributed by atoms with Gasteiger partial charge >= 0.3 is 6.18 Å². The van der Waals surface area contributed by atoms with E-state index in [-0.39, 0.29) is 23.5 Å². The number of halogens is 4. The average Bonchev–Trinajstić information content (AvgIpc) is 3.22. The summed E-state index contributed by atoms with van der Waals surface area (Å²) in [6.45, 7) is -1.03. The summed E-state index contributed by atoms with van der Waals surface area (Å²) in [5.41, 5.74) is -4.38. The number of benzene rings is 2. The van der Waals surface area contributed by atoms with E-state index in [1.54, 1.807) is 6.07 Å². The summed E-state index contributed by atoms with van der Waals surface area (Å²) in [5, 5.41) is 49.4. The fourth-order valence-electron chi connectivity index (χ4n) is 3.44. The molecular weight excluding hydrogens is 456 g/mol. The number of nitriles is 1. The Morgan fingerprint density at radius 1 is 1.12 bits per heavy atom. The van der Waals surface area contributed by atoms with Gasteiger partial charge in [0.25, 0.3) is 0 Å². The van der Waals surface area contributed by atoms with Gasteiger partial charge in [-0.05, 0) is 48.0 Å². The number of hydrogen-bond donors (Lipinski definition) is 5. The van der Waals surface area contributed by atoms with Gasteiger partial charge in [-0.15, -0.1) is 0 Å². The number of nitrogens with one attached hydrogen (secondary N) is 2. The smallest absolute Gasteiger partial charge is 0.394 e. The molecule has 3 aromatic rings. The molecule has 0 amide bonds. The maximum atomic E-state index is 14.2. The predicted octanol–water partition coefficient (Wildman–Crippen LogP) is 3.39. The van der Waals surface area contributed by atoms with Gasteiger partial charge < -0.3 is 30.6 Å². The summed E-state index contributed by atoms with van der Waals surface area (Å²) in [6.07, 6.45) is -4.85. The lowest BCUT2D eigenvalue weighted by Crippen LogP contribution is -2.43. The first-order valence-corrected chi connectivity index (χ1v) is 9.89. The maximum Gasteiger partial charge on any atom is 0.425 e. The summed E-state index contributed by atoms with van der Waals surface area (Å²) in [6, 6.07) is 11.0. The van der Waals surface area contributed by atoms with Crippen molar-refractivity contribution in [3.05, 3.63) is 82.9 Å². The Bertz CT molecular complexity index is 1220. The highest BCUT2D eigenvalue weighted by Crippen LogP contribution is 2.45. The highest BCUT2D eigenvalue weighted by atomic mass is 19.4. The van der Waals surface area contributed by atoms with Gasteiger partial charge in [0, 0.05) is 34.9 Å². The average molecular weight is 476 g/mol. The van der Waals surface area contributed by atoms with Crippen LogP contribution in [0.3, 0.4) is 0 Å². The Balaban J connectivity index is 2.08. The molecule has 0 radical (unpaired) electrons. The number of hydrogen-bond acceptors (Lipinski definition) is 6. The zero-order chi connectivity index (χ0) is 25.1. The van der Waals surface area contributed by atoms with Crippen LogP contribution >= 0.6 is 0 Å². The van der Waals surface area contributed by atoms with Crippen molar-refractivity contribution in [2.24, 2.45) is 0 Å². The van der Waals surface area contributed by atoms with Gasteiger partial charge in [0.1, 0.15) is 17.6 Å². The van der Waals surface area contributed by atoms with Crippen molar-refractivity contribution in [2.45, 2.75) is 24.4 Å². The van der Waals surface area contributed by atoms with E-state index in [1.165, 1.54) is 30.3 Å². The summed E-state index contributed by atoms with van der Waals surface area (Å²) in [7, 11) is 0. The lowest BCUT2D eigenvalue weighted by Gasteiger charge is -2.31. The molecular formula is C23H20F4N4O3. The predicted molar refractivity (Wildman–Crippen MR) is 115 cm³/mol. The highest BCUT2D eigenvalue weighted by Gasteiger charge is 2.57. The monoisotopic (exact) mass is 476 g/mol. The fourth-order valence-corrected chi connectivity index (χ4v) is 3.44. The third kappa shape index (κ3) is 4.79. The Morgan fingerprint density at radius 3 is 2.35 bits per heavy atom. The standard InChI is InChI=1S/C23H20F4N4O3/c24-17-2-4-18(5-3-17)30-21-6-1-15(7-14(21)9-28)22(34,23(25,26)27)16-8-19(10-29)31(11-16)12-20(33)13-32/h1-9,11,20,28,30,32-34H,12-13H2. The van der Waals surface area contributed by atoms with Gasteiger partial charge in [0.15, 0.2) is 0 Å². The third-order valence-electron chi connectivity index (χ3n) is 5.21. The topological polar surface area (TPSA) is 125 Å². The van der Waals surface area contributed by atoms with Gasteiger partial charge in [0.2, 0.25) is 5.60 Å². The minimum Gasteiger partial charge on any atom is -0.394 e. The molecule has 3 rings (SSSR count). The van der Waals surface area contributed by atoms with Crippen LogP contribution in [0.5, 0.6) is 0 Å². The van der Waals surface area contributed by atoms with Crippen LogP contribution in [0.25, 0.3) is 0 Å². The Kier molecular flexibility index (Phi) is 7.07. The molecule has 2 atom stereocenters. The van der Waals surface area contributed by atoms with Crippen LogP contribution < -0.4 is 5.32 Å². The van der Waals surface area contributed by atoms with Crippen molar-refractivity contribution in [1.82, 2.24) is 4.57 Å². The van der Waals surface area contributed by atoms with E-state index in [0.717, 1.165) is 35.2 Å². The summed E-state index contributed by atoms with van der Waals surface area (Å²) in [5.74, 6) is -0.474. The zero-order valence-corrected chi connectivity index (χ0v) is 17.5.